The molecule has 0 N–H and O–H groups in total. The van der Waals surface area contributed by atoms with Crippen LogP contribution in [0.4, 0.5) is 11.4 Å². The molecule has 0 bridgehead atoms. The summed E-state index contributed by atoms with van der Waals surface area (Å²) >= 11 is 6.31. The average Bonchev–Trinajstić information content (AvgIpc) is 2.99. The third kappa shape index (κ3) is 3.31. The molecule has 1 amide bonds. The van der Waals surface area contributed by atoms with E-state index in [4.69, 9.17) is 11.6 Å². The lowest BCUT2D eigenvalue weighted by Gasteiger charge is -2.37. The zero-order chi connectivity index (χ0) is 18.1. The molecule has 136 valence electrons. The van der Waals surface area contributed by atoms with Crippen molar-refractivity contribution >= 4 is 28.9 Å². The van der Waals surface area contributed by atoms with Crippen LogP contribution in [0, 0.1) is 0 Å². The maximum absolute atomic E-state index is 12.9. The normalized spacial score (nSPS) is 20.3. The SMILES string of the molecule is C[C@@H]1Cc2ccccc2N1C(=O)CN1CCN(c2ccccc2Cl)CC1. The van der Waals surface area contributed by atoms with Crippen molar-refractivity contribution in [1.82, 2.24) is 4.90 Å². The van der Waals surface area contributed by atoms with Crippen LogP contribution in [0.1, 0.15) is 12.5 Å². The molecule has 0 aliphatic carbocycles. The van der Waals surface area contributed by atoms with E-state index < -0.39 is 0 Å². The monoisotopic (exact) mass is 369 g/mol. The summed E-state index contributed by atoms with van der Waals surface area (Å²) in [6.45, 7) is 6.15. The molecule has 5 heteroatoms. The van der Waals surface area contributed by atoms with Crippen LogP contribution >= 0.6 is 11.6 Å². The van der Waals surface area contributed by atoms with Crippen LogP contribution in [0.2, 0.25) is 5.02 Å². The van der Waals surface area contributed by atoms with Crippen LogP contribution in [-0.4, -0.2) is 49.6 Å². The Hall–Kier alpha value is -2.04. The van der Waals surface area contributed by atoms with Gasteiger partial charge in [-0.2, -0.15) is 0 Å². The number of amides is 1. The van der Waals surface area contributed by atoms with Crippen LogP contribution < -0.4 is 9.80 Å². The molecule has 2 aromatic carbocycles. The molecule has 1 saturated heterocycles. The van der Waals surface area contributed by atoms with Gasteiger partial charge in [0.05, 0.1) is 17.3 Å². The second-order valence-electron chi connectivity index (χ2n) is 7.16. The van der Waals surface area contributed by atoms with Crippen molar-refractivity contribution in [3.63, 3.8) is 0 Å². The predicted octanol–water partition coefficient (Wildman–Crippen LogP) is 3.44. The van der Waals surface area contributed by atoms with Crippen LogP contribution in [0.25, 0.3) is 0 Å². The Bertz CT molecular complexity index is 801. The maximum Gasteiger partial charge on any atom is 0.241 e. The minimum atomic E-state index is 0.202. The smallest absolute Gasteiger partial charge is 0.241 e. The minimum absolute atomic E-state index is 0.202. The second kappa shape index (κ2) is 7.29. The Morgan fingerprint density at radius 3 is 2.38 bits per heavy atom. The standard InChI is InChI=1S/C21H24ClN3O/c1-16-14-17-6-2-4-8-19(17)25(16)21(26)15-23-10-12-24(13-11-23)20-9-5-3-7-18(20)22/h2-9,16H,10-15H2,1H3/t16-/m1/s1. The summed E-state index contributed by atoms with van der Waals surface area (Å²) in [6.07, 6.45) is 0.947. The molecule has 0 unspecified atom stereocenters. The van der Waals surface area contributed by atoms with E-state index in [0.717, 1.165) is 49.0 Å². The fourth-order valence-corrected chi connectivity index (χ4v) is 4.32. The molecule has 26 heavy (non-hydrogen) atoms. The molecule has 1 fully saturated rings. The van der Waals surface area contributed by atoms with Crippen molar-refractivity contribution in [2.75, 3.05) is 42.5 Å². The summed E-state index contributed by atoms with van der Waals surface area (Å²) in [5.41, 5.74) is 3.44. The predicted molar refractivity (Wildman–Crippen MR) is 107 cm³/mol. The van der Waals surface area contributed by atoms with Gasteiger partial charge < -0.3 is 9.80 Å². The molecule has 2 aliphatic heterocycles. The van der Waals surface area contributed by atoms with Gasteiger partial charge in [-0.15, -0.1) is 0 Å². The topological polar surface area (TPSA) is 26.8 Å². The number of hydrogen-bond acceptors (Lipinski definition) is 3. The van der Waals surface area contributed by atoms with Gasteiger partial charge in [0.25, 0.3) is 0 Å². The van der Waals surface area contributed by atoms with Gasteiger partial charge in [-0.25, -0.2) is 0 Å². The van der Waals surface area contributed by atoms with E-state index in [9.17, 15) is 4.79 Å². The van der Waals surface area contributed by atoms with Crippen molar-refractivity contribution in [2.45, 2.75) is 19.4 Å². The number of rotatable bonds is 3. The van der Waals surface area contributed by atoms with Gasteiger partial charge in [0.2, 0.25) is 5.91 Å². The van der Waals surface area contributed by atoms with Crippen molar-refractivity contribution < 1.29 is 4.79 Å². The third-order valence-electron chi connectivity index (χ3n) is 5.40. The molecule has 0 spiro atoms. The quantitative estimate of drug-likeness (QED) is 0.829. The number of anilines is 2. The largest absolute Gasteiger partial charge is 0.368 e. The van der Waals surface area contributed by atoms with Gasteiger partial charge in [-0.1, -0.05) is 41.9 Å². The maximum atomic E-state index is 12.9. The molecular weight excluding hydrogens is 346 g/mol. The Labute approximate surface area is 160 Å². The lowest BCUT2D eigenvalue weighted by atomic mass is 10.1. The number of nitrogens with zero attached hydrogens (tertiary/aromatic N) is 3. The molecule has 4 rings (SSSR count). The summed E-state index contributed by atoms with van der Waals surface area (Å²) in [5, 5.41) is 0.791. The first-order valence-electron chi connectivity index (χ1n) is 9.25. The van der Waals surface area contributed by atoms with Crippen molar-refractivity contribution in [3.05, 3.63) is 59.1 Å². The van der Waals surface area contributed by atoms with E-state index in [1.54, 1.807) is 0 Å². The molecule has 0 radical (unpaired) electrons. The van der Waals surface area contributed by atoms with Gasteiger partial charge in [-0.3, -0.25) is 9.69 Å². The second-order valence-corrected chi connectivity index (χ2v) is 7.57. The first-order valence-corrected chi connectivity index (χ1v) is 9.63. The van der Waals surface area contributed by atoms with Gasteiger partial charge in [0.1, 0.15) is 0 Å². The van der Waals surface area contributed by atoms with Gasteiger partial charge >= 0.3 is 0 Å². The summed E-state index contributed by atoms with van der Waals surface area (Å²) < 4.78 is 0. The van der Waals surface area contributed by atoms with Crippen molar-refractivity contribution in [3.8, 4) is 0 Å². The molecule has 2 aromatic rings. The van der Waals surface area contributed by atoms with E-state index >= 15 is 0 Å². The number of piperazine rings is 1. The van der Waals surface area contributed by atoms with E-state index in [0.29, 0.717) is 6.54 Å². The molecule has 0 saturated carbocycles. The van der Waals surface area contributed by atoms with Crippen LogP contribution in [-0.2, 0) is 11.2 Å². The van der Waals surface area contributed by atoms with E-state index in [-0.39, 0.29) is 11.9 Å². The van der Waals surface area contributed by atoms with Crippen LogP contribution in [0.3, 0.4) is 0 Å². The highest BCUT2D eigenvalue weighted by molar-refractivity contribution is 6.33. The number of carbonyl (C=O) groups excluding carboxylic acids is 1. The third-order valence-corrected chi connectivity index (χ3v) is 5.72. The Balaban J connectivity index is 1.38. The lowest BCUT2D eigenvalue weighted by molar-refractivity contribution is -0.120. The van der Waals surface area contributed by atoms with Crippen molar-refractivity contribution in [2.24, 2.45) is 0 Å². The number of fused-ring (bicyclic) bond motifs is 1. The number of para-hydroxylation sites is 2. The lowest BCUT2D eigenvalue weighted by Crippen LogP contribution is -2.51. The van der Waals surface area contributed by atoms with Gasteiger partial charge in [-0.05, 0) is 37.1 Å². The summed E-state index contributed by atoms with van der Waals surface area (Å²) in [6, 6.07) is 16.5. The molecule has 4 nitrogen and oxygen atoms in total. The van der Waals surface area contributed by atoms with E-state index in [1.807, 2.05) is 35.2 Å². The van der Waals surface area contributed by atoms with E-state index in [2.05, 4.69) is 34.9 Å². The molecule has 2 heterocycles. The zero-order valence-electron chi connectivity index (χ0n) is 15.1. The van der Waals surface area contributed by atoms with Crippen LogP contribution in [0.15, 0.2) is 48.5 Å². The first-order chi connectivity index (χ1) is 12.6. The Morgan fingerprint density at radius 2 is 1.65 bits per heavy atom. The molecule has 2 aliphatic rings. The number of hydrogen-bond donors (Lipinski definition) is 0. The van der Waals surface area contributed by atoms with Crippen LogP contribution in [0.5, 0.6) is 0 Å². The fraction of sp³-hybridized carbons (Fsp3) is 0.381. The highest BCUT2D eigenvalue weighted by Crippen LogP contribution is 2.32. The number of carbonyl (C=O) groups is 1. The van der Waals surface area contributed by atoms with Gasteiger partial charge in [0, 0.05) is 37.9 Å². The molecule has 1 atom stereocenters. The Kier molecular flexibility index (Phi) is 4.88. The average molecular weight is 370 g/mol. The van der Waals surface area contributed by atoms with Gasteiger partial charge in [0.15, 0.2) is 0 Å². The summed E-state index contributed by atoms with van der Waals surface area (Å²) in [7, 11) is 0. The zero-order valence-corrected chi connectivity index (χ0v) is 15.8. The highest BCUT2D eigenvalue weighted by Gasteiger charge is 2.31. The Morgan fingerprint density at radius 1 is 1.00 bits per heavy atom. The molecular formula is C21H24ClN3O. The van der Waals surface area contributed by atoms with Crippen molar-refractivity contribution in [1.29, 1.82) is 0 Å². The minimum Gasteiger partial charge on any atom is -0.368 e. The molecule has 0 aromatic heterocycles. The first kappa shape index (κ1) is 17.4. The summed E-state index contributed by atoms with van der Waals surface area (Å²) in [4.78, 5) is 19.5. The number of halogens is 1. The fourth-order valence-electron chi connectivity index (χ4n) is 4.07. The summed E-state index contributed by atoms with van der Waals surface area (Å²) in [5.74, 6) is 0.202. The highest BCUT2D eigenvalue weighted by atomic mass is 35.5. The number of benzene rings is 2. The van der Waals surface area contributed by atoms with E-state index in [1.165, 1.54) is 5.56 Å².